The number of amides is 3. The number of carbonyl (C=O) groups excluding carboxylic acids is 3. The van der Waals surface area contributed by atoms with Crippen LogP contribution in [-0.2, 0) is 14.6 Å². The molecule has 1 aliphatic rings. The van der Waals surface area contributed by atoms with E-state index in [1.165, 1.54) is 43.7 Å². The van der Waals surface area contributed by atoms with Gasteiger partial charge in [0.05, 0.1) is 29.4 Å². The van der Waals surface area contributed by atoms with Crippen LogP contribution < -0.4 is 10.1 Å². The minimum absolute atomic E-state index is 0.0509. The minimum atomic E-state index is -3.91. The zero-order valence-electron chi connectivity index (χ0n) is 18.3. The molecule has 0 saturated heterocycles. The van der Waals surface area contributed by atoms with Crippen LogP contribution in [0, 0.1) is 0 Å². The van der Waals surface area contributed by atoms with Crippen LogP contribution in [0.2, 0.25) is 0 Å². The Morgan fingerprint density at radius 1 is 1.00 bits per heavy atom. The first kappa shape index (κ1) is 23.2. The molecule has 4 rings (SSSR count). The zero-order valence-corrected chi connectivity index (χ0v) is 19.1. The number of nitrogens with one attached hydrogen (secondary N) is 1. The third-order valence-electron chi connectivity index (χ3n) is 5.55. The molecule has 1 aliphatic heterocycles. The predicted octanol–water partition coefficient (Wildman–Crippen LogP) is 2.61. The molecule has 0 fully saturated rings. The van der Waals surface area contributed by atoms with E-state index >= 15 is 0 Å². The van der Waals surface area contributed by atoms with Crippen molar-refractivity contribution in [2.75, 3.05) is 20.2 Å². The fourth-order valence-electron chi connectivity index (χ4n) is 3.72. The van der Waals surface area contributed by atoms with E-state index in [-0.39, 0.29) is 30.2 Å². The summed E-state index contributed by atoms with van der Waals surface area (Å²) in [5, 5.41) is 1.42. The molecule has 3 amide bonds. The molecule has 0 spiro atoms. The summed E-state index contributed by atoms with van der Waals surface area (Å²) in [7, 11) is -2.43. The van der Waals surface area contributed by atoms with E-state index < -0.39 is 32.8 Å². The molecule has 0 bridgehead atoms. The molecular weight excluding hydrogens is 460 g/mol. The van der Waals surface area contributed by atoms with Crippen molar-refractivity contribution >= 4 is 27.6 Å². The topological polar surface area (TPSA) is 123 Å². The van der Waals surface area contributed by atoms with E-state index in [4.69, 9.17) is 9.15 Å². The molecule has 0 radical (unpaired) electrons. The Balaban J connectivity index is 1.43. The first-order valence-electron chi connectivity index (χ1n) is 10.5. The van der Waals surface area contributed by atoms with Crippen molar-refractivity contribution in [3.05, 3.63) is 83.8 Å². The highest BCUT2D eigenvalue weighted by atomic mass is 32.2. The lowest BCUT2D eigenvalue weighted by Crippen LogP contribution is -2.36. The lowest BCUT2D eigenvalue weighted by atomic mass is 10.1. The Bertz CT molecular complexity index is 1280. The van der Waals surface area contributed by atoms with E-state index in [2.05, 4.69) is 5.32 Å². The number of benzene rings is 2. The van der Waals surface area contributed by atoms with Gasteiger partial charge < -0.3 is 14.5 Å². The molecule has 2 heterocycles. The molecule has 9 nitrogen and oxygen atoms in total. The van der Waals surface area contributed by atoms with Crippen LogP contribution in [0.15, 0.2) is 76.2 Å². The molecule has 2 aromatic carbocycles. The van der Waals surface area contributed by atoms with Crippen molar-refractivity contribution in [3.8, 4) is 5.75 Å². The van der Waals surface area contributed by atoms with Crippen LogP contribution in [0.4, 0.5) is 0 Å². The van der Waals surface area contributed by atoms with Gasteiger partial charge in [0.1, 0.15) is 16.8 Å². The SMILES string of the molecule is COc1ccc(S(=O)(=O)C(CNC(=O)CCN2C(=O)c3ccccc3C2=O)c2ccco2)cc1. The maximum absolute atomic E-state index is 13.3. The van der Waals surface area contributed by atoms with Gasteiger partial charge in [-0.1, -0.05) is 12.1 Å². The third-order valence-corrected chi connectivity index (χ3v) is 7.63. The number of hydrogen-bond donors (Lipinski definition) is 1. The number of rotatable bonds is 9. The van der Waals surface area contributed by atoms with Gasteiger partial charge in [0.2, 0.25) is 5.91 Å². The second kappa shape index (κ2) is 9.52. The Hall–Kier alpha value is -3.92. The lowest BCUT2D eigenvalue weighted by Gasteiger charge is -2.18. The van der Waals surface area contributed by atoms with E-state index in [1.54, 1.807) is 30.3 Å². The van der Waals surface area contributed by atoms with Gasteiger partial charge in [-0.3, -0.25) is 19.3 Å². The molecule has 1 atom stereocenters. The molecule has 0 saturated carbocycles. The number of furan rings is 1. The largest absolute Gasteiger partial charge is 0.497 e. The Morgan fingerprint density at radius 3 is 2.21 bits per heavy atom. The van der Waals surface area contributed by atoms with Crippen LogP contribution in [-0.4, -0.2) is 51.2 Å². The molecule has 34 heavy (non-hydrogen) atoms. The molecule has 1 aromatic heterocycles. The molecule has 0 aliphatic carbocycles. The van der Waals surface area contributed by atoms with E-state index in [0.29, 0.717) is 16.9 Å². The van der Waals surface area contributed by atoms with Gasteiger partial charge in [0, 0.05) is 19.5 Å². The summed E-state index contributed by atoms with van der Waals surface area (Å²) in [5.41, 5.74) is 0.604. The van der Waals surface area contributed by atoms with Gasteiger partial charge in [-0.15, -0.1) is 0 Å². The summed E-state index contributed by atoms with van der Waals surface area (Å²) in [6.45, 7) is -0.363. The smallest absolute Gasteiger partial charge is 0.261 e. The van der Waals surface area contributed by atoms with Crippen LogP contribution in [0.25, 0.3) is 0 Å². The number of ether oxygens (including phenoxy) is 1. The van der Waals surface area contributed by atoms with Crippen LogP contribution in [0.3, 0.4) is 0 Å². The summed E-state index contributed by atoms with van der Waals surface area (Å²) in [6.07, 6.45) is 1.19. The number of hydrogen-bond acceptors (Lipinski definition) is 7. The van der Waals surface area contributed by atoms with Gasteiger partial charge in [0.15, 0.2) is 9.84 Å². The number of nitrogens with zero attached hydrogens (tertiary/aromatic N) is 1. The molecule has 1 N–H and O–H groups in total. The second-order valence-corrected chi connectivity index (χ2v) is 9.72. The van der Waals surface area contributed by atoms with Crippen molar-refractivity contribution in [3.63, 3.8) is 0 Å². The van der Waals surface area contributed by atoms with Crippen molar-refractivity contribution in [1.29, 1.82) is 0 Å². The zero-order chi connectivity index (χ0) is 24.3. The first-order valence-corrected chi connectivity index (χ1v) is 12.0. The lowest BCUT2D eigenvalue weighted by molar-refractivity contribution is -0.121. The number of methoxy groups -OCH3 is 1. The van der Waals surface area contributed by atoms with E-state index in [1.807, 2.05) is 0 Å². The average molecular weight is 483 g/mol. The predicted molar refractivity (Wildman–Crippen MR) is 121 cm³/mol. The fourth-order valence-corrected chi connectivity index (χ4v) is 5.30. The molecular formula is C24H22N2O7S. The number of sulfone groups is 1. The van der Waals surface area contributed by atoms with Crippen LogP contribution in [0.1, 0.15) is 38.1 Å². The van der Waals surface area contributed by atoms with Gasteiger partial charge >= 0.3 is 0 Å². The highest BCUT2D eigenvalue weighted by Gasteiger charge is 2.35. The fraction of sp³-hybridized carbons (Fsp3) is 0.208. The number of imide groups is 1. The standard InChI is InChI=1S/C24H22N2O7S/c1-32-16-8-10-17(11-9-16)34(30,31)21(20-7-4-14-33-20)15-25-22(27)12-13-26-23(28)18-5-2-3-6-19(18)24(26)29/h2-11,14,21H,12-13,15H2,1H3,(H,25,27). The maximum atomic E-state index is 13.3. The highest BCUT2D eigenvalue weighted by Crippen LogP contribution is 2.30. The highest BCUT2D eigenvalue weighted by molar-refractivity contribution is 7.91. The average Bonchev–Trinajstić information content (AvgIpc) is 3.45. The third kappa shape index (κ3) is 4.44. The Labute approximate surface area is 196 Å². The molecule has 1 unspecified atom stereocenters. The molecule has 176 valence electrons. The van der Waals surface area contributed by atoms with Crippen molar-refractivity contribution in [2.24, 2.45) is 0 Å². The van der Waals surface area contributed by atoms with Crippen molar-refractivity contribution in [1.82, 2.24) is 10.2 Å². The van der Waals surface area contributed by atoms with E-state index in [9.17, 15) is 22.8 Å². The Kier molecular flexibility index (Phi) is 6.51. The summed E-state index contributed by atoms with van der Waals surface area (Å²) in [5.74, 6) is -0.725. The van der Waals surface area contributed by atoms with E-state index in [0.717, 1.165) is 4.90 Å². The van der Waals surface area contributed by atoms with Gasteiger partial charge in [-0.2, -0.15) is 0 Å². The monoisotopic (exact) mass is 482 g/mol. The molecule has 10 heteroatoms. The maximum Gasteiger partial charge on any atom is 0.261 e. The van der Waals surface area contributed by atoms with Gasteiger partial charge in [0.25, 0.3) is 11.8 Å². The normalized spacial score (nSPS) is 14.1. The quantitative estimate of drug-likeness (QED) is 0.465. The summed E-state index contributed by atoms with van der Waals surface area (Å²) in [6, 6.07) is 15.5. The minimum Gasteiger partial charge on any atom is -0.497 e. The van der Waals surface area contributed by atoms with Crippen LogP contribution in [0.5, 0.6) is 5.75 Å². The number of carbonyl (C=O) groups is 3. The summed E-state index contributed by atoms with van der Waals surface area (Å²) >= 11 is 0. The summed E-state index contributed by atoms with van der Waals surface area (Å²) < 4.78 is 37.0. The van der Waals surface area contributed by atoms with Crippen LogP contribution >= 0.6 is 0 Å². The number of fused-ring (bicyclic) bond motifs is 1. The second-order valence-electron chi connectivity index (χ2n) is 7.59. The van der Waals surface area contributed by atoms with Gasteiger partial charge in [-0.05, 0) is 48.5 Å². The summed E-state index contributed by atoms with van der Waals surface area (Å²) in [4.78, 5) is 38.5. The van der Waals surface area contributed by atoms with Gasteiger partial charge in [-0.25, -0.2) is 8.42 Å². The van der Waals surface area contributed by atoms with Crippen molar-refractivity contribution < 1.29 is 32.0 Å². The molecule has 3 aromatic rings. The van der Waals surface area contributed by atoms with Crippen molar-refractivity contribution in [2.45, 2.75) is 16.6 Å². The Morgan fingerprint density at radius 2 is 1.65 bits per heavy atom. The first-order chi connectivity index (χ1) is 16.3.